The van der Waals surface area contributed by atoms with Crippen molar-refractivity contribution >= 4 is 32.0 Å². The summed E-state index contributed by atoms with van der Waals surface area (Å²) in [5.41, 5.74) is 6.15. The van der Waals surface area contributed by atoms with Gasteiger partial charge < -0.3 is 4.30 Å². The third-order valence-electron chi connectivity index (χ3n) is 6.32. The molecule has 3 heteroatoms. The number of hydrogen-bond donors (Lipinski definition) is 1. The Bertz CT molecular complexity index is 1060. The van der Waals surface area contributed by atoms with Crippen molar-refractivity contribution in [2.24, 2.45) is 4.99 Å². The zero-order valence-corrected chi connectivity index (χ0v) is 22.5. The van der Waals surface area contributed by atoms with E-state index in [9.17, 15) is 0 Å². The van der Waals surface area contributed by atoms with Gasteiger partial charge in [-0.1, -0.05) is 112 Å². The largest absolute Gasteiger partial charge is 0.476 e. The van der Waals surface area contributed by atoms with Crippen molar-refractivity contribution in [1.82, 2.24) is 0 Å². The Morgan fingerprint density at radius 3 is 2.18 bits per heavy atom. The van der Waals surface area contributed by atoms with Crippen LogP contribution in [0.25, 0.3) is 0 Å². The highest BCUT2D eigenvalue weighted by Gasteiger charge is 2.46. The van der Waals surface area contributed by atoms with Crippen LogP contribution in [0.3, 0.4) is 0 Å². The summed E-state index contributed by atoms with van der Waals surface area (Å²) in [4.78, 5) is 4.84. The highest BCUT2D eigenvalue weighted by atomic mass is 27.2. The zero-order valence-electron chi connectivity index (χ0n) is 21.4. The van der Waals surface area contributed by atoms with Gasteiger partial charge in [-0.05, 0) is 53.3 Å². The molecule has 0 fully saturated rings. The summed E-state index contributed by atoms with van der Waals surface area (Å²) in [6.07, 6.45) is 3.07. The number of nitrogens with one attached hydrogen (secondary N) is 1. The average Bonchev–Trinajstić information content (AvgIpc) is 2.76. The summed E-state index contributed by atoms with van der Waals surface area (Å²) < 4.78 is 4.38. The second-order valence-corrected chi connectivity index (χ2v) is 15.6. The molecule has 0 spiro atoms. The van der Waals surface area contributed by atoms with E-state index in [1.807, 2.05) is 6.21 Å². The first kappa shape index (κ1) is 25.3. The SMILES string of the molecule is CC(C)c1cccc(N=Cc2ccccc2C[C](C)(C)[Al]([NH]c2ccccc2)[C](C)(C)C)c1. The molecule has 1 N–H and O–H groups in total. The predicted molar refractivity (Wildman–Crippen MR) is 148 cm³/mol. The Morgan fingerprint density at radius 1 is 0.848 bits per heavy atom. The van der Waals surface area contributed by atoms with E-state index < -0.39 is 14.4 Å². The molecule has 3 aromatic carbocycles. The molecule has 0 amide bonds. The molecular formula is C30H39AlN2. The molecule has 0 unspecified atom stereocenters. The first-order valence-corrected chi connectivity index (χ1v) is 13.8. The van der Waals surface area contributed by atoms with Crippen molar-refractivity contribution in [3.8, 4) is 0 Å². The van der Waals surface area contributed by atoms with Gasteiger partial charge in [0.2, 0.25) is 0 Å². The lowest BCUT2D eigenvalue weighted by molar-refractivity contribution is 0.599. The van der Waals surface area contributed by atoms with Gasteiger partial charge in [-0.25, -0.2) is 0 Å². The molecule has 0 aliphatic rings. The number of para-hydroxylation sites is 1. The van der Waals surface area contributed by atoms with Crippen LogP contribution >= 0.6 is 0 Å². The minimum Gasteiger partial charge on any atom is -0.476 e. The van der Waals surface area contributed by atoms with Gasteiger partial charge in [-0.15, -0.1) is 0 Å². The fourth-order valence-electron chi connectivity index (χ4n) is 4.81. The molecule has 0 radical (unpaired) electrons. The van der Waals surface area contributed by atoms with Crippen molar-refractivity contribution in [3.05, 3.63) is 95.6 Å². The lowest BCUT2D eigenvalue weighted by Crippen LogP contribution is -2.45. The summed E-state index contributed by atoms with van der Waals surface area (Å²) in [6.45, 7) is 16.5. The molecule has 0 heterocycles. The lowest BCUT2D eigenvalue weighted by Gasteiger charge is -2.39. The summed E-state index contributed by atoms with van der Waals surface area (Å²) in [6, 6.07) is 28.0. The minimum atomic E-state index is -1.44. The molecule has 0 saturated heterocycles. The van der Waals surface area contributed by atoms with Crippen LogP contribution in [-0.4, -0.2) is 20.6 Å². The third kappa shape index (κ3) is 7.07. The molecule has 0 aliphatic carbocycles. The maximum absolute atomic E-state index is 4.84. The molecule has 0 atom stereocenters. The van der Waals surface area contributed by atoms with Crippen LogP contribution in [-0.2, 0) is 6.42 Å². The number of aliphatic imine (C=N–C) groups is 1. The van der Waals surface area contributed by atoms with Gasteiger partial charge in [0.15, 0.2) is 0 Å². The molecule has 0 aliphatic heterocycles. The number of anilines is 1. The monoisotopic (exact) mass is 454 g/mol. The van der Waals surface area contributed by atoms with Crippen molar-refractivity contribution in [3.63, 3.8) is 0 Å². The van der Waals surface area contributed by atoms with Gasteiger partial charge in [0.1, 0.15) is 0 Å². The average molecular weight is 455 g/mol. The van der Waals surface area contributed by atoms with Gasteiger partial charge in [0.05, 0.1) is 5.69 Å². The van der Waals surface area contributed by atoms with Crippen molar-refractivity contribution in [2.45, 2.75) is 69.4 Å². The Labute approximate surface area is 205 Å². The molecule has 3 rings (SSSR count). The zero-order chi connectivity index (χ0) is 24.1. The van der Waals surface area contributed by atoms with E-state index in [0.717, 1.165) is 12.1 Å². The lowest BCUT2D eigenvalue weighted by atomic mass is 9.97. The van der Waals surface area contributed by atoms with Crippen LogP contribution in [0, 0.1) is 0 Å². The minimum absolute atomic E-state index is 0.162. The number of rotatable bonds is 8. The van der Waals surface area contributed by atoms with Crippen molar-refractivity contribution in [2.75, 3.05) is 4.30 Å². The summed E-state index contributed by atoms with van der Waals surface area (Å²) >= 11 is -1.44. The molecule has 33 heavy (non-hydrogen) atoms. The number of hydrogen-bond acceptors (Lipinski definition) is 2. The van der Waals surface area contributed by atoms with Gasteiger partial charge in [-0.2, -0.15) is 0 Å². The topological polar surface area (TPSA) is 24.4 Å². The van der Waals surface area contributed by atoms with Crippen LogP contribution in [0.5, 0.6) is 0 Å². The first-order chi connectivity index (χ1) is 15.6. The quantitative estimate of drug-likeness (QED) is 0.267. The van der Waals surface area contributed by atoms with E-state index in [-0.39, 0.29) is 8.55 Å². The highest BCUT2D eigenvalue weighted by Crippen LogP contribution is 2.45. The third-order valence-corrected chi connectivity index (χ3v) is 10.4. The van der Waals surface area contributed by atoms with E-state index in [0.29, 0.717) is 5.92 Å². The Balaban J connectivity index is 1.87. The molecule has 0 aromatic heterocycles. The van der Waals surface area contributed by atoms with Crippen LogP contribution in [0.4, 0.5) is 11.4 Å². The second-order valence-electron chi connectivity index (χ2n) is 11.2. The molecular weight excluding hydrogens is 415 g/mol. The second kappa shape index (κ2) is 10.7. The van der Waals surface area contributed by atoms with E-state index in [1.54, 1.807) is 0 Å². The van der Waals surface area contributed by atoms with E-state index >= 15 is 0 Å². The van der Waals surface area contributed by atoms with Gasteiger partial charge in [0, 0.05) is 11.9 Å². The van der Waals surface area contributed by atoms with Crippen molar-refractivity contribution < 1.29 is 0 Å². The first-order valence-electron chi connectivity index (χ1n) is 12.1. The molecule has 172 valence electrons. The summed E-state index contributed by atoms with van der Waals surface area (Å²) in [5.74, 6) is 0.504. The highest BCUT2D eigenvalue weighted by molar-refractivity contribution is 6.68. The van der Waals surface area contributed by atoms with Crippen molar-refractivity contribution in [1.29, 1.82) is 0 Å². The number of nitrogens with zero attached hydrogens (tertiary/aromatic N) is 1. The summed E-state index contributed by atoms with van der Waals surface area (Å²) in [7, 11) is 0. The van der Waals surface area contributed by atoms with Gasteiger partial charge in [0.25, 0.3) is 0 Å². The Hall–Kier alpha value is -2.34. The van der Waals surface area contributed by atoms with E-state index in [1.165, 1.54) is 22.4 Å². The Morgan fingerprint density at radius 2 is 1.52 bits per heavy atom. The smallest absolute Gasteiger partial charge is 0.423 e. The molecule has 3 aromatic rings. The molecule has 0 bridgehead atoms. The van der Waals surface area contributed by atoms with Crippen LogP contribution < -0.4 is 4.30 Å². The maximum atomic E-state index is 4.84. The van der Waals surface area contributed by atoms with E-state index in [2.05, 4.69) is 132 Å². The normalized spacial score (nSPS) is 12.4. The predicted octanol–water partition coefficient (Wildman–Crippen LogP) is 8.79. The fraction of sp³-hybridized carbons (Fsp3) is 0.367. The van der Waals surface area contributed by atoms with Crippen LogP contribution in [0.2, 0.25) is 8.55 Å². The molecule has 0 saturated carbocycles. The van der Waals surface area contributed by atoms with E-state index in [4.69, 9.17) is 4.99 Å². The van der Waals surface area contributed by atoms with Gasteiger partial charge >= 0.3 is 14.4 Å². The molecule has 2 nitrogen and oxygen atoms in total. The summed E-state index contributed by atoms with van der Waals surface area (Å²) in [5, 5.41) is 0. The van der Waals surface area contributed by atoms with Crippen LogP contribution in [0.1, 0.15) is 71.1 Å². The maximum Gasteiger partial charge on any atom is 0.423 e. The number of benzene rings is 3. The standard InChI is InChI=1S/C20H24N.C6H6N.C4H9.Al/c1-15(2)12-18-8-5-6-9-19(18)14-21-20-11-7-10-17(13-20)16(3)4;7-6-4-2-1-3-5-6;1-4(2)3;/h5-11,13-14,16H,12H2,1-4H3;1-5,7H;1-3H3;/q;-1;;+1. The van der Waals surface area contributed by atoms with Gasteiger partial charge in [-0.3, -0.25) is 4.99 Å². The van der Waals surface area contributed by atoms with Crippen LogP contribution in [0.15, 0.2) is 83.9 Å². The Kier molecular flexibility index (Phi) is 8.22. The fourth-order valence-corrected chi connectivity index (χ4v) is 8.93.